The van der Waals surface area contributed by atoms with Gasteiger partial charge < -0.3 is 10.5 Å². The molecular weight excluding hydrogens is 253 g/mol. The number of rotatable bonds is 4. The van der Waals surface area contributed by atoms with Gasteiger partial charge in [-0.15, -0.1) is 0 Å². The Morgan fingerprint density at radius 2 is 1.55 bits per heavy atom. The molecule has 0 aliphatic heterocycles. The first-order chi connectivity index (χ1) is 9.49. The van der Waals surface area contributed by atoms with E-state index >= 15 is 0 Å². The maximum atomic E-state index is 13.4. The predicted octanol–water partition coefficient (Wildman–Crippen LogP) is 3.79. The highest BCUT2D eigenvalue weighted by molar-refractivity contribution is 5.43. The van der Waals surface area contributed by atoms with Crippen molar-refractivity contribution < 1.29 is 9.13 Å². The lowest BCUT2D eigenvalue weighted by atomic mass is 10.1. The van der Waals surface area contributed by atoms with Crippen LogP contribution in [0.25, 0.3) is 0 Å². The minimum Gasteiger partial charge on any atom is -0.488 e. The summed E-state index contributed by atoms with van der Waals surface area (Å²) in [7, 11) is 0. The molecule has 3 heteroatoms. The van der Waals surface area contributed by atoms with Crippen LogP contribution in [0.5, 0.6) is 5.75 Å². The van der Waals surface area contributed by atoms with E-state index in [0.717, 1.165) is 28.0 Å². The Morgan fingerprint density at radius 3 is 2.15 bits per heavy atom. The third kappa shape index (κ3) is 3.36. The van der Waals surface area contributed by atoms with Gasteiger partial charge in [0.25, 0.3) is 0 Å². The van der Waals surface area contributed by atoms with Crippen molar-refractivity contribution in [3.05, 3.63) is 64.0 Å². The summed E-state index contributed by atoms with van der Waals surface area (Å²) in [6.07, 6.45) is 0. The molecule has 2 nitrogen and oxygen atoms in total. The summed E-state index contributed by atoms with van der Waals surface area (Å²) in [5.74, 6) is 0.595. The molecule has 0 aliphatic rings. The fourth-order valence-electron chi connectivity index (χ4n) is 2.47. The first-order valence-corrected chi connectivity index (χ1v) is 6.68. The van der Waals surface area contributed by atoms with Gasteiger partial charge in [0.2, 0.25) is 0 Å². The van der Waals surface area contributed by atoms with Crippen LogP contribution in [0.3, 0.4) is 0 Å². The van der Waals surface area contributed by atoms with Crippen LogP contribution in [0, 0.1) is 26.6 Å². The highest BCUT2D eigenvalue weighted by atomic mass is 19.1. The smallest absolute Gasteiger partial charge is 0.125 e. The molecule has 0 fully saturated rings. The summed E-state index contributed by atoms with van der Waals surface area (Å²) in [5, 5.41) is 0. The van der Waals surface area contributed by atoms with E-state index in [2.05, 4.69) is 19.1 Å². The Hall–Kier alpha value is -1.87. The number of hydrogen-bond acceptors (Lipinski definition) is 2. The van der Waals surface area contributed by atoms with Gasteiger partial charge in [-0.3, -0.25) is 0 Å². The highest BCUT2D eigenvalue weighted by Crippen LogP contribution is 2.25. The molecule has 0 aromatic heterocycles. The number of hydrogen-bond donors (Lipinski definition) is 1. The van der Waals surface area contributed by atoms with Gasteiger partial charge in [-0.2, -0.15) is 0 Å². The van der Waals surface area contributed by atoms with Gasteiger partial charge >= 0.3 is 0 Å². The number of halogens is 1. The largest absolute Gasteiger partial charge is 0.488 e. The van der Waals surface area contributed by atoms with E-state index < -0.39 is 0 Å². The van der Waals surface area contributed by atoms with E-state index in [9.17, 15) is 4.39 Å². The van der Waals surface area contributed by atoms with Gasteiger partial charge in [0.15, 0.2) is 0 Å². The van der Waals surface area contributed by atoms with Crippen molar-refractivity contribution in [1.82, 2.24) is 0 Å². The van der Waals surface area contributed by atoms with Crippen LogP contribution < -0.4 is 10.5 Å². The van der Waals surface area contributed by atoms with Crippen molar-refractivity contribution in [1.29, 1.82) is 0 Å². The average molecular weight is 273 g/mol. The van der Waals surface area contributed by atoms with Crippen molar-refractivity contribution in [3.8, 4) is 5.75 Å². The van der Waals surface area contributed by atoms with E-state index in [4.69, 9.17) is 10.5 Å². The summed E-state index contributed by atoms with van der Waals surface area (Å²) in [5.41, 5.74) is 10.5. The van der Waals surface area contributed by atoms with E-state index in [1.165, 1.54) is 17.7 Å². The molecule has 0 heterocycles. The van der Waals surface area contributed by atoms with Gasteiger partial charge in [-0.05, 0) is 55.2 Å². The summed E-state index contributed by atoms with van der Waals surface area (Å²) in [4.78, 5) is 0. The molecule has 0 atom stereocenters. The molecule has 20 heavy (non-hydrogen) atoms. The molecule has 2 aromatic carbocycles. The Bertz CT molecular complexity index is 599. The molecule has 2 aromatic rings. The van der Waals surface area contributed by atoms with Crippen molar-refractivity contribution in [2.75, 3.05) is 0 Å². The minimum absolute atomic E-state index is 0.274. The fourth-order valence-corrected chi connectivity index (χ4v) is 2.47. The van der Waals surface area contributed by atoms with Gasteiger partial charge in [0.05, 0.1) is 0 Å². The van der Waals surface area contributed by atoms with Crippen LogP contribution in [-0.2, 0) is 13.2 Å². The van der Waals surface area contributed by atoms with Crippen molar-refractivity contribution in [2.45, 2.75) is 33.9 Å². The highest BCUT2D eigenvalue weighted by Gasteiger charge is 2.06. The maximum Gasteiger partial charge on any atom is 0.125 e. The number of aryl methyl sites for hydroxylation is 3. The second-order valence-corrected chi connectivity index (χ2v) is 5.19. The van der Waals surface area contributed by atoms with Crippen LogP contribution in [0.1, 0.15) is 27.8 Å². The zero-order valence-corrected chi connectivity index (χ0v) is 12.2. The molecule has 0 spiro atoms. The van der Waals surface area contributed by atoms with E-state index in [-0.39, 0.29) is 5.82 Å². The zero-order valence-electron chi connectivity index (χ0n) is 12.2. The lowest BCUT2D eigenvalue weighted by Gasteiger charge is -2.13. The van der Waals surface area contributed by atoms with Gasteiger partial charge in [0, 0.05) is 6.54 Å². The van der Waals surface area contributed by atoms with Crippen molar-refractivity contribution in [2.24, 2.45) is 5.73 Å². The normalized spacial score (nSPS) is 10.7. The summed E-state index contributed by atoms with van der Waals surface area (Å²) >= 11 is 0. The van der Waals surface area contributed by atoms with Crippen LogP contribution in [0.15, 0.2) is 30.3 Å². The topological polar surface area (TPSA) is 35.2 Å². The third-order valence-corrected chi connectivity index (χ3v) is 3.24. The number of ether oxygens (including phenoxy) is 1. The maximum absolute atomic E-state index is 13.4. The van der Waals surface area contributed by atoms with Crippen LogP contribution in [0.2, 0.25) is 0 Å². The Kier molecular flexibility index (Phi) is 4.40. The van der Waals surface area contributed by atoms with Crippen LogP contribution in [0.4, 0.5) is 4.39 Å². The lowest BCUT2D eigenvalue weighted by molar-refractivity contribution is 0.301. The SMILES string of the molecule is Cc1cc(C)c(OCc2cc(F)cc(CN)c2)c(C)c1. The monoisotopic (exact) mass is 273 g/mol. The lowest BCUT2D eigenvalue weighted by Crippen LogP contribution is -2.03. The summed E-state index contributed by atoms with van der Waals surface area (Å²) in [6.45, 7) is 6.77. The summed E-state index contributed by atoms with van der Waals surface area (Å²) < 4.78 is 19.3. The molecule has 0 unspecified atom stereocenters. The molecule has 0 radical (unpaired) electrons. The Morgan fingerprint density at radius 1 is 0.950 bits per heavy atom. The van der Waals surface area contributed by atoms with E-state index in [1.54, 1.807) is 0 Å². The molecule has 0 saturated carbocycles. The van der Waals surface area contributed by atoms with Crippen molar-refractivity contribution >= 4 is 0 Å². The van der Waals surface area contributed by atoms with Gasteiger partial charge in [-0.25, -0.2) is 4.39 Å². The molecular formula is C17H20FNO. The minimum atomic E-state index is -0.274. The van der Waals surface area contributed by atoms with E-state index in [0.29, 0.717) is 13.2 Å². The number of benzene rings is 2. The standard InChI is InChI=1S/C17H20FNO/c1-11-4-12(2)17(13(3)5-11)20-10-15-6-14(9-19)7-16(18)8-15/h4-8H,9-10,19H2,1-3H3. The quantitative estimate of drug-likeness (QED) is 0.920. The Labute approximate surface area is 119 Å². The van der Waals surface area contributed by atoms with Gasteiger partial charge in [-0.1, -0.05) is 23.8 Å². The number of nitrogens with two attached hydrogens (primary N) is 1. The van der Waals surface area contributed by atoms with E-state index in [1.807, 2.05) is 19.9 Å². The third-order valence-electron chi connectivity index (χ3n) is 3.24. The molecule has 0 amide bonds. The first-order valence-electron chi connectivity index (χ1n) is 6.68. The Balaban J connectivity index is 2.19. The fraction of sp³-hybridized carbons (Fsp3) is 0.294. The van der Waals surface area contributed by atoms with Crippen LogP contribution >= 0.6 is 0 Å². The average Bonchev–Trinajstić information content (AvgIpc) is 2.36. The molecule has 0 saturated heterocycles. The first kappa shape index (κ1) is 14.5. The van der Waals surface area contributed by atoms with Crippen molar-refractivity contribution in [3.63, 3.8) is 0 Å². The molecule has 2 N–H and O–H groups in total. The van der Waals surface area contributed by atoms with Crippen LogP contribution in [-0.4, -0.2) is 0 Å². The second kappa shape index (κ2) is 6.06. The predicted molar refractivity (Wildman–Crippen MR) is 79.3 cm³/mol. The summed E-state index contributed by atoms with van der Waals surface area (Å²) in [6, 6.07) is 8.98. The molecule has 2 rings (SSSR count). The van der Waals surface area contributed by atoms with Gasteiger partial charge in [0.1, 0.15) is 18.2 Å². The molecule has 0 bridgehead atoms. The second-order valence-electron chi connectivity index (χ2n) is 5.19. The zero-order chi connectivity index (χ0) is 14.7. The molecule has 106 valence electrons. The molecule has 0 aliphatic carbocycles.